The molecule has 72 valence electrons. The van der Waals surface area contributed by atoms with Crippen molar-refractivity contribution < 1.29 is 8.78 Å². The first kappa shape index (κ1) is 10.1. The zero-order valence-electron chi connectivity index (χ0n) is 7.30. The number of benzene rings is 1. The molecule has 0 saturated heterocycles. The first-order valence-electron chi connectivity index (χ1n) is 3.98. The van der Waals surface area contributed by atoms with Gasteiger partial charge in [-0.25, -0.2) is 8.78 Å². The number of rotatable bonds is 2. The fourth-order valence-corrected chi connectivity index (χ4v) is 1.06. The fraction of sp³-hybridized carbons (Fsp3) is 0.333. The van der Waals surface area contributed by atoms with Crippen LogP contribution in [-0.4, -0.2) is 6.04 Å². The van der Waals surface area contributed by atoms with E-state index >= 15 is 0 Å². The Kier molecular flexibility index (Phi) is 2.95. The molecule has 0 spiro atoms. The van der Waals surface area contributed by atoms with Gasteiger partial charge in [0.25, 0.3) is 0 Å². The van der Waals surface area contributed by atoms with E-state index in [4.69, 9.17) is 11.5 Å². The van der Waals surface area contributed by atoms with Gasteiger partial charge in [-0.2, -0.15) is 0 Å². The van der Waals surface area contributed by atoms with Gasteiger partial charge in [0, 0.05) is 23.7 Å². The normalized spacial score (nSPS) is 15.5. The van der Waals surface area contributed by atoms with Gasteiger partial charge in [0.05, 0.1) is 0 Å². The van der Waals surface area contributed by atoms with E-state index in [2.05, 4.69) is 0 Å². The lowest BCUT2D eigenvalue weighted by atomic mass is 10.0. The first-order valence-corrected chi connectivity index (χ1v) is 3.98. The van der Waals surface area contributed by atoms with Crippen molar-refractivity contribution in [1.82, 2.24) is 0 Å². The molecule has 0 fully saturated rings. The third-order valence-electron chi connectivity index (χ3n) is 1.89. The maximum atomic E-state index is 13.1. The summed E-state index contributed by atoms with van der Waals surface area (Å²) in [5.74, 6) is -1.26. The number of nitrogens with two attached hydrogens (primary N) is 2. The van der Waals surface area contributed by atoms with Crippen LogP contribution in [0.3, 0.4) is 0 Å². The Morgan fingerprint density at radius 3 is 2.31 bits per heavy atom. The Balaban J connectivity index is 3.01. The van der Waals surface area contributed by atoms with Crippen molar-refractivity contribution in [3.63, 3.8) is 0 Å². The fourth-order valence-electron chi connectivity index (χ4n) is 1.06. The first-order chi connectivity index (χ1) is 6.02. The van der Waals surface area contributed by atoms with Crippen LogP contribution in [0.1, 0.15) is 18.5 Å². The monoisotopic (exact) mass is 186 g/mol. The molecule has 2 atom stereocenters. The molecule has 0 aliphatic heterocycles. The average molecular weight is 186 g/mol. The maximum absolute atomic E-state index is 13.1. The smallest absolute Gasteiger partial charge is 0.130 e. The summed E-state index contributed by atoms with van der Waals surface area (Å²) in [5, 5.41) is 0. The van der Waals surface area contributed by atoms with E-state index in [1.807, 2.05) is 0 Å². The van der Waals surface area contributed by atoms with Gasteiger partial charge in [-0.3, -0.25) is 0 Å². The van der Waals surface area contributed by atoms with Crippen molar-refractivity contribution in [1.29, 1.82) is 0 Å². The summed E-state index contributed by atoms with van der Waals surface area (Å²) in [5.41, 5.74) is 11.3. The predicted molar refractivity (Wildman–Crippen MR) is 46.9 cm³/mol. The van der Waals surface area contributed by atoms with Crippen LogP contribution in [-0.2, 0) is 0 Å². The minimum Gasteiger partial charge on any atom is -0.326 e. The second-order valence-electron chi connectivity index (χ2n) is 3.05. The topological polar surface area (TPSA) is 52.0 Å². The Hall–Kier alpha value is -1.00. The van der Waals surface area contributed by atoms with Gasteiger partial charge < -0.3 is 11.5 Å². The van der Waals surface area contributed by atoms with Crippen LogP contribution in [0.4, 0.5) is 8.78 Å². The average Bonchev–Trinajstić information content (AvgIpc) is 2.03. The highest BCUT2D eigenvalue weighted by molar-refractivity contribution is 5.22. The molecular weight excluding hydrogens is 174 g/mol. The maximum Gasteiger partial charge on any atom is 0.130 e. The van der Waals surface area contributed by atoms with E-state index < -0.39 is 17.7 Å². The van der Waals surface area contributed by atoms with Gasteiger partial charge in [0.1, 0.15) is 11.6 Å². The molecule has 0 radical (unpaired) electrons. The summed E-state index contributed by atoms with van der Waals surface area (Å²) in [6.45, 7) is 1.67. The second kappa shape index (κ2) is 3.81. The van der Waals surface area contributed by atoms with E-state index in [0.29, 0.717) is 0 Å². The van der Waals surface area contributed by atoms with Crippen LogP contribution in [0, 0.1) is 11.6 Å². The lowest BCUT2D eigenvalue weighted by Gasteiger charge is -2.16. The summed E-state index contributed by atoms with van der Waals surface area (Å²) in [6, 6.07) is 2.33. The van der Waals surface area contributed by atoms with Crippen molar-refractivity contribution in [2.45, 2.75) is 19.0 Å². The van der Waals surface area contributed by atoms with Gasteiger partial charge in [-0.05, 0) is 13.0 Å². The molecule has 0 aliphatic carbocycles. The lowest BCUT2D eigenvalue weighted by Crippen LogP contribution is -2.31. The molecular formula is C9H12F2N2. The third kappa shape index (κ3) is 2.23. The minimum absolute atomic E-state index is 0.247. The molecule has 1 aromatic carbocycles. The summed E-state index contributed by atoms with van der Waals surface area (Å²) >= 11 is 0. The van der Waals surface area contributed by atoms with Gasteiger partial charge in [0.15, 0.2) is 0 Å². The highest BCUT2D eigenvalue weighted by Gasteiger charge is 2.15. The van der Waals surface area contributed by atoms with Crippen LogP contribution in [0.5, 0.6) is 0 Å². The lowest BCUT2D eigenvalue weighted by molar-refractivity contribution is 0.523. The Morgan fingerprint density at radius 1 is 1.23 bits per heavy atom. The second-order valence-corrected chi connectivity index (χ2v) is 3.05. The zero-order valence-corrected chi connectivity index (χ0v) is 7.30. The van der Waals surface area contributed by atoms with Crippen molar-refractivity contribution in [3.05, 3.63) is 35.4 Å². The SMILES string of the molecule is CC(N)C(N)c1ccc(F)cc1F. The quantitative estimate of drug-likeness (QED) is 0.731. The molecule has 0 heterocycles. The van der Waals surface area contributed by atoms with E-state index in [9.17, 15) is 8.78 Å². The van der Waals surface area contributed by atoms with Crippen LogP contribution >= 0.6 is 0 Å². The molecule has 1 aromatic rings. The number of halogens is 2. The molecule has 0 aliphatic rings. The number of hydrogen-bond donors (Lipinski definition) is 2. The van der Waals surface area contributed by atoms with Gasteiger partial charge >= 0.3 is 0 Å². The molecule has 1 rings (SSSR count). The summed E-state index contributed by atoms with van der Waals surface area (Å²) < 4.78 is 25.6. The molecule has 0 bridgehead atoms. The highest BCUT2D eigenvalue weighted by atomic mass is 19.1. The molecule has 0 saturated carbocycles. The third-order valence-corrected chi connectivity index (χ3v) is 1.89. The van der Waals surface area contributed by atoms with Gasteiger partial charge in [0.2, 0.25) is 0 Å². The van der Waals surface area contributed by atoms with Crippen LogP contribution < -0.4 is 11.5 Å². The molecule has 4 N–H and O–H groups in total. The molecule has 4 heteroatoms. The standard InChI is InChI=1S/C9H12F2N2/c1-5(12)9(13)7-3-2-6(10)4-8(7)11/h2-5,9H,12-13H2,1H3. The van der Waals surface area contributed by atoms with Gasteiger partial charge in [-0.15, -0.1) is 0 Å². The molecule has 2 unspecified atom stereocenters. The summed E-state index contributed by atoms with van der Waals surface area (Å²) in [6.07, 6.45) is 0. The Morgan fingerprint density at radius 2 is 1.85 bits per heavy atom. The van der Waals surface area contributed by atoms with Crippen LogP contribution in [0.25, 0.3) is 0 Å². The zero-order chi connectivity index (χ0) is 10.0. The molecule has 2 nitrogen and oxygen atoms in total. The van der Waals surface area contributed by atoms with E-state index in [0.717, 1.165) is 6.07 Å². The largest absolute Gasteiger partial charge is 0.326 e. The van der Waals surface area contributed by atoms with E-state index in [-0.39, 0.29) is 11.6 Å². The van der Waals surface area contributed by atoms with E-state index in [1.165, 1.54) is 12.1 Å². The van der Waals surface area contributed by atoms with Crippen LogP contribution in [0.2, 0.25) is 0 Å². The van der Waals surface area contributed by atoms with Crippen molar-refractivity contribution in [3.8, 4) is 0 Å². The molecule has 0 aromatic heterocycles. The Labute approximate surface area is 75.5 Å². The minimum atomic E-state index is -0.648. The van der Waals surface area contributed by atoms with Crippen molar-refractivity contribution in [2.24, 2.45) is 11.5 Å². The summed E-state index contributed by atoms with van der Waals surface area (Å²) in [7, 11) is 0. The molecule has 13 heavy (non-hydrogen) atoms. The van der Waals surface area contributed by atoms with Crippen LogP contribution in [0.15, 0.2) is 18.2 Å². The Bertz CT molecular complexity index is 300. The van der Waals surface area contributed by atoms with Gasteiger partial charge in [-0.1, -0.05) is 6.07 Å². The van der Waals surface area contributed by atoms with E-state index in [1.54, 1.807) is 6.92 Å². The summed E-state index contributed by atoms with van der Waals surface area (Å²) in [4.78, 5) is 0. The predicted octanol–water partition coefficient (Wildman–Crippen LogP) is 1.31. The van der Waals surface area contributed by atoms with Crippen molar-refractivity contribution >= 4 is 0 Å². The highest BCUT2D eigenvalue weighted by Crippen LogP contribution is 2.17. The molecule has 0 amide bonds. The van der Waals surface area contributed by atoms with Crippen molar-refractivity contribution in [2.75, 3.05) is 0 Å². The number of hydrogen-bond acceptors (Lipinski definition) is 2.